The van der Waals surface area contributed by atoms with Crippen LogP contribution in [-0.2, 0) is 84.4 Å². The SMILES string of the molecule is COC(=O)OCC(C)O.COC(=O)OCC(C)O.[Y].[Y]. The second-order valence-electron chi connectivity index (χ2n) is 3.23. The molecule has 0 saturated heterocycles. The number of hydrogen-bond acceptors (Lipinski definition) is 8. The van der Waals surface area contributed by atoms with Crippen molar-refractivity contribution in [1.82, 2.24) is 0 Å². The third kappa shape index (κ3) is 27.1. The third-order valence-electron chi connectivity index (χ3n) is 1.22. The maximum atomic E-state index is 10.2. The van der Waals surface area contributed by atoms with Crippen molar-refractivity contribution in [2.24, 2.45) is 0 Å². The fourth-order valence-electron chi connectivity index (χ4n) is 0.495. The molecule has 0 aliphatic heterocycles. The first-order chi connectivity index (χ1) is 8.33. The van der Waals surface area contributed by atoms with Crippen LogP contribution in [0.2, 0.25) is 0 Å². The van der Waals surface area contributed by atoms with E-state index in [1.165, 1.54) is 28.1 Å². The molecule has 0 heterocycles. The summed E-state index contributed by atoms with van der Waals surface area (Å²) in [5, 5.41) is 17.1. The van der Waals surface area contributed by atoms with Crippen LogP contribution in [0.3, 0.4) is 0 Å². The second kappa shape index (κ2) is 19.7. The number of hydrogen-bond donors (Lipinski definition) is 2. The summed E-state index contributed by atoms with van der Waals surface area (Å²) >= 11 is 0. The van der Waals surface area contributed by atoms with Crippen LogP contribution in [0, 0.1) is 0 Å². The van der Waals surface area contributed by atoms with Gasteiger partial charge in [-0.25, -0.2) is 9.59 Å². The molecule has 2 atom stereocenters. The standard InChI is InChI=1S/2C5H10O4.2Y/c2*1-4(6)3-9-5(7)8-2;;/h2*4,6H,3H2,1-2H3;;. The minimum atomic E-state index is -0.768. The molecule has 2 N–H and O–H groups in total. The van der Waals surface area contributed by atoms with Gasteiger partial charge >= 0.3 is 12.3 Å². The molecule has 2 radical (unpaired) electrons. The zero-order chi connectivity index (χ0) is 14.6. The molecule has 0 aliphatic carbocycles. The van der Waals surface area contributed by atoms with E-state index in [9.17, 15) is 9.59 Å². The molecule has 114 valence electrons. The molecule has 0 fully saturated rings. The number of aliphatic hydroxyl groups excluding tert-OH is 2. The van der Waals surface area contributed by atoms with E-state index in [4.69, 9.17) is 10.2 Å². The normalized spacial score (nSPS) is 11.1. The van der Waals surface area contributed by atoms with Gasteiger partial charge in [0.2, 0.25) is 0 Å². The Bertz CT molecular complexity index is 211. The van der Waals surface area contributed by atoms with E-state index in [1.54, 1.807) is 0 Å². The number of carbonyl (C=O) groups excluding carboxylic acids is 2. The Labute approximate surface area is 168 Å². The minimum absolute atomic E-state index is 0. The van der Waals surface area contributed by atoms with Gasteiger partial charge in [0, 0.05) is 65.4 Å². The summed E-state index contributed by atoms with van der Waals surface area (Å²) in [6, 6.07) is 0. The summed E-state index contributed by atoms with van der Waals surface area (Å²) in [4.78, 5) is 20.3. The summed E-state index contributed by atoms with van der Waals surface area (Å²) in [6.45, 7) is 2.99. The Hall–Kier alpha value is 0.668. The second-order valence-corrected chi connectivity index (χ2v) is 3.23. The Morgan fingerprint density at radius 3 is 1.25 bits per heavy atom. The molecule has 0 rings (SSSR count). The van der Waals surface area contributed by atoms with Gasteiger partial charge in [0.25, 0.3) is 0 Å². The topological polar surface area (TPSA) is 112 Å². The summed E-state index contributed by atoms with van der Waals surface area (Å²) in [7, 11) is 2.43. The van der Waals surface area contributed by atoms with E-state index in [2.05, 4.69) is 18.9 Å². The van der Waals surface area contributed by atoms with E-state index >= 15 is 0 Å². The molecule has 0 aromatic carbocycles. The first-order valence-electron chi connectivity index (χ1n) is 5.11. The quantitative estimate of drug-likeness (QED) is 0.594. The van der Waals surface area contributed by atoms with Gasteiger partial charge in [-0.2, -0.15) is 0 Å². The van der Waals surface area contributed by atoms with Crippen LogP contribution >= 0.6 is 0 Å². The van der Waals surface area contributed by atoms with Crippen LogP contribution in [0.15, 0.2) is 0 Å². The monoisotopic (exact) mass is 446 g/mol. The van der Waals surface area contributed by atoms with Crippen molar-refractivity contribution in [2.45, 2.75) is 26.1 Å². The van der Waals surface area contributed by atoms with Crippen molar-refractivity contribution >= 4 is 12.3 Å². The summed E-state index contributed by atoms with van der Waals surface area (Å²) in [5.41, 5.74) is 0. The van der Waals surface area contributed by atoms with Gasteiger partial charge in [0.05, 0.1) is 26.4 Å². The van der Waals surface area contributed by atoms with Crippen molar-refractivity contribution in [2.75, 3.05) is 27.4 Å². The van der Waals surface area contributed by atoms with Crippen molar-refractivity contribution < 1.29 is 104 Å². The van der Waals surface area contributed by atoms with E-state index in [0.717, 1.165) is 0 Å². The molecule has 0 aliphatic rings. The van der Waals surface area contributed by atoms with Gasteiger partial charge in [0.1, 0.15) is 13.2 Å². The molecule has 0 amide bonds. The summed E-state index contributed by atoms with van der Waals surface area (Å²) < 4.78 is 16.9. The predicted molar refractivity (Wildman–Crippen MR) is 60.1 cm³/mol. The summed E-state index contributed by atoms with van der Waals surface area (Å²) in [5.74, 6) is 0. The van der Waals surface area contributed by atoms with Crippen LogP contribution in [0.4, 0.5) is 9.59 Å². The number of aliphatic hydroxyl groups is 2. The number of carbonyl (C=O) groups is 2. The van der Waals surface area contributed by atoms with Gasteiger partial charge < -0.3 is 29.2 Å². The first kappa shape index (κ1) is 28.8. The molecular formula is C10H20O8Y2. The van der Waals surface area contributed by atoms with Crippen LogP contribution in [0.25, 0.3) is 0 Å². The predicted octanol–water partition coefficient (Wildman–Crippen LogP) is 0.295. The van der Waals surface area contributed by atoms with E-state index < -0.39 is 24.5 Å². The largest absolute Gasteiger partial charge is 0.508 e. The van der Waals surface area contributed by atoms with Gasteiger partial charge in [0.15, 0.2) is 0 Å². The van der Waals surface area contributed by atoms with Gasteiger partial charge in [-0.3, -0.25) is 0 Å². The minimum Gasteiger partial charge on any atom is -0.438 e. The van der Waals surface area contributed by atoms with Gasteiger partial charge in [-0.1, -0.05) is 0 Å². The molecule has 0 aromatic heterocycles. The molecular weight excluding hydrogens is 426 g/mol. The fraction of sp³-hybridized carbons (Fsp3) is 0.800. The first-order valence-corrected chi connectivity index (χ1v) is 5.11. The Kier molecular flexibility index (Phi) is 28.3. The molecule has 0 aromatic rings. The van der Waals surface area contributed by atoms with Crippen molar-refractivity contribution in [3.8, 4) is 0 Å². The zero-order valence-electron chi connectivity index (χ0n) is 12.1. The van der Waals surface area contributed by atoms with Gasteiger partial charge in [-0.15, -0.1) is 0 Å². The van der Waals surface area contributed by atoms with Crippen molar-refractivity contribution in [3.05, 3.63) is 0 Å². The number of methoxy groups -OCH3 is 2. The van der Waals surface area contributed by atoms with Crippen LogP contribution in [0.1, 0.15) is 13.8 Å². The van der Waals surface area contributed by atoms with E-state index in [1.807, 2.05) is 0 Å². The zero-order valence-corrected chi connectivity index (χ0v) is 17.7. The van der Waals surface area contributed by atoms with Crippen LogP contribution in [-0.4, -0.2) is 62.2 Å². The molecule has 8 nitrogen and oxygen atoms in total. The van der Waals surface area contributed by atoms with Gasteiger partial charge in [-0.05, 0) is 13.8 Å². The molecule has 20 heavy (non-hydrogen) atoms. The van der Waals surface area contributed by atoms with Crippen LogP contribution in [0.5, 0.6) is 0 Å². The molecule has 10 heteroatoms. The molecule has 0 bridgehead atoms. The molecule has 2 unspecified atom stereocenters. The third-order valence-corrected chi connectivity index (χ3v) is 1.22. The van der Waals surface area contributed by atoms with E-state index in [-0.39, 0.29) is 78.6 Å². The maximum absolute atomic E-state index is 10.2. The Morgan fingerprint density at radius 2 is 1.10 bits per heavy atom. The smallest absolute Gasteiger partial charge is 0.438 e. The maximum Gasteiger partial charge on any atom is 0.508 e. The molecule has 0 spiro atoms. The van der Waals surface area contributed by atoms with Crippen LogP contribution < -0.4 is 0 Å². The Morgan fingerprint density at radius 1 is 0.850 bits per heavy atom. The molecule has 0 saturated carbocycles. The number of rotatable bonds is 4. The average molecular weight is 446 g/mol. The Balaban J connectivity index is -0.000000116. The van der Waals surface area contributed by atoms with Crippen molar-refractivity contribution in [3.63, 3.8) is 0 Å². The van der Waals surface area contributed by atoms with Crippen molar-refractivity contribution in [1.29, 1.82) is 0 Å². The van der Waals surface area contributed by atoms with E-state index in [0.29, 0.717) is 0 Å². The number of ether oxygens (including phenoxy) is 4. The fourth-order valence-corrected chi connectivity index (χ4v) is 0.495. The average Bonchev–Trinajstić information content (AvgIpc) is 2.33. The summed E-state index contributed by atoms with van der Waals surface area (Å²) in [6.07, 6.45) is -2.81.